The Hall–Kier alpha value is -1.61. The van der Waals surface area contributed by atoms with Gasteiger partial charge in [0.2, 0.25) is 5.91 Å². The van der Waals surface area contributed by atoms with Gasteiger partial charge in [0.15, 0.2) is 5.69 Å². The molecule has 0 aliphatic carbocycles. The normalized spacial score (nSPS) is 11.5. The number of thiazole rings is 1. The van der Waals surface area contributed by atoms with Crippen molar-refractivity contribution in [3.63, 3.8) is 0 Å². The van der Waals surface area contributed by atoms with Gasteiger partial charge < -0.3 is 5.32 Å². The van der Waals surface area contributed by atoms with E-state index in [9.17, 15) is 18.0 Å². The van der Waals surface area contributed by atoms with Crippen LogP contribution in [0.2, 0.25) is 0 Å². The second-order valence-electron chi connectivity index (χ2n) is 4.23. The summed E-state index contributed by atoms with van der Waals surface area (Å²) in [6.45, 7) is 0. The summed E-state index contributed by atoms with van der Waals surface area (Å²) in [7, 11) is 0. The van der Waals surface area contributed by atoms with Gasteiger partial charge in [-0.1, -0.05) is 11.3 Å². The van der Waals surface area contributed by atoms with Crippen molar-refractivity contribution in [3.8, 4) is 10.6 Å². The zero-order valence-corrected chi connectivity index (χ0v) is 13.1. The number of rotatable bonds is 5. The third kappa shape index (κ3) is 4.20. The molecule has 0 atom stereocenters. The number of aromatic nitrogens is 2. The molecule has 0 aliphatic rings. The lowest BCUT2D eigenvalue weighted by molar-refractivity contribution is -0.140. The fourth-order valence-corrected chi connectivity index (χ4v) is 2.97. The maximum atomic E-state index is 13.1. The first kappa shape index (κ1) is 16.8. The van der Waals surface area contributed by atoms with Crippen LogP contribution in [0.5, 0.6) is 0 Å². The first-order valence-electron chi connectivity index (χ1n) is 6.19. The van der Waals surface area contributed by atoms with Crippen LogP contribution in [-0.2, 0) is 11.0 Å². The highest BCUT2D eigenvalue weighted by molar-refractivity contribution is 7.98. The van der Waals surface area contributed by atoms with Gasteiger partial charge in [-0.3, -0.25) is 9.78 Å². The molecule has 4 nitrogen and oxygen atoms in total. The summed E-state index contributed by atoms with van der Waals surface area (Å²) in [5.74, 6) is 0.0859. The Bertz CT molecular complexity index is 644. The van der Waals surface area contributed by atoms with E-state index in [0.717, 1.165) is 11.3 Å². The Labute approximate surface area is 133 Å². The van der Waals surface area contributed by atoms with Crippen molar-refractivity contribution in [1.29, 1.82) is 0 Å². The van der Waals surface area contributed by atoms with E-state index >= 15 is 0 Å². The molecule has 118 valence electrons. The largest absolute Gasteiger partial charge is 0.436 e. The van der Waals surface area contributed by atoms with Gasteiger partial charge in [0.1, 0.15) is 10.0 Å². The summed E-state index contributed by atoms with van der Waals surface area (Å²) in [6.07, 6.45) is 0.296. The third-order valence-electron chi connectivity index (χ3n) is 2.59. The zero-order valence-electron chi connectivity index (χ0n) is 11.5. The lowest BCUT2D eigenvalue weighted by Crippen LogP contribution is -2.15. The van der Waals surface area contributed by atoms with Crippen molar-refractivity contribution in [2.45, 2.75) is 12.6 Å². The highest BCUT2D eigenvalue weighted by Gasteiger charge is 2.38. The van der Waals surface area contributed by atoms with Crippen molar-refractivity contribution in [1.82, 2.24) is 9.97 Å². The summed E-state index contributed by atoms with van der Waals surface area (Å²) in [6, 6.07) is 3.23. The SMILES string of the molecule is CSCCC(=O)Nc1sc(-c2cccnc2)nc1C(F)(F)F. The van der Waals surface area contributed by atoms with Crippen LogP contribution in [0, 0.1) is 0 Å². The summed E-state index contributed by atoms with van der Waals surface area (Å²) in [5.41, 5.74) is -0.600. The first-order chi connectivity index (χ1) is 10.4. The summed E-state index contributed by atoms with van der Waals surface area (Å²) in [4.78, 5) is 19.1. The number of anilines is 1. The Balaban J connectivity index is 2.31. The summed E-state index contributed by atoms with van der Waals surface area (Å²) < 4.78 is 39.2. The molecule has 9 heteroatoms. The minimum atomic E-state index is -4.63. The van der Waals surface area contributed by atoms with Gasteiger partial charge in [-0.25, -0.2) is 4.98 Å². The van der Waals surface area contributed by atoms with Crippen molar-refractivity contribution in [2.75, 3.05) is 17.3 Å². The van der Waals surface area contributed by atoms with Gasteiger partial charge in [0, 0.05) is 30.1 Å². The minimum Gasteiger partial charge on any atom is -0.316 e. The van der Waals surface area contributed by atoms with Gasteiger partial charge in [0.05, 0.1) is 0 Å². The topological polar surface area (TPSA) is 54.9 Å². The molecule has 1 amide bonds. The molecule has 0 spiro atoms. The molecule has 0 aliphatic heterocycles. The number of nitrogens with zero attached hydrogens (tertiary/aromatic N) is 2. The maximum absolute atomic E-state index is 13.1. The van der Waals surface area contributed by atoms with Crippen molar-refractivity contribution in [3.05, 3.63) is 30.2 Å². The van der Waals surface area contributed by atoms with Crippen LogP contribution in [0.15, 0.2) is 24.5 Å². The van der Waals surface area contributed by atoms with E-state index < -0.39 is 17.8 Å². The van der Waals surface area contributed by atoms with Crippen LogP contribution in [0.1, 0.15) is 12.1 Å². The first-order valence-corrected chi connectivity index (χ1v) is 8.40. The lowest BCUT2D eigenvalue weighted by atomic mass is 10.3. The second-order valence-corrected chi connectivity index (χ2v) is 6.21. The van der Waals surface area contributed by atoms with Gasteiger partial charge >= 0.3 is 6.18 Å². The van der Waals surface area contributed by atoms with Crippen molar-refractivity contribution < 1.29 is 18.0 Å². The third-order valence-corrected chi connectivity index (χ3v) is 4.22. The van der Waals surface area contributed by atoms with Gasteiger partial charge in [-0.05, 0) is 18.4 Å². The molecular weight excluding hydrogens is 335 g/mol. The van der Waals surface area contributed by atoms with Crippen LogP contribution in [0.4, 0.5) is 18.2 Å². The minimum absolute atomic E-state index is 0.151. The molecule has 2 heterocycles. The van der Waals surface area contributed by atoms with Crippen LogP contribution in [0.25, 0.3) is 10.6 Å². The number of carbonyl (C=O) groups excluding carboxylic acids is 1. The molecular formula is C13H12F3N3OS2. The number of carbonyl (C=O) groups is 1. The standard InChI is InChI=1S/C13H12F3N3OS2/c1-21-6-4-9(20)18-12-10(13(14,15)16)19-11(22-12)8-3-2-5-17-7-8/h2-3,5,7H,4,6H2,1H3,(H,18,20). The molecule has 22 heavy (non-hydrogen) atoms. The number of thioether (sulfide) groups is 1. The van der Waals surface area contributed by atoms with Crippen LogP contribution < -0.4 is 5.32 Å². The number of halogens is 3. The number of alkyl halides is 3. The van der Waals surface area contributed by atoms with E-state index in [-0.39, 0.29) is 16.4 Å². The molecule has 2 rings (SSSR count). The smallest absolute Gasteiger partial charge is 0.316 e. The van der Waals surface area contributed by atoms with Crippen LogP contribution in [-0.4, -0.2) is 27.9 Å². The van der Waals surface area contributed by atoms with Gasteiger partial charge in [-0.15, -0.1) is 0 Å². The highest BCUT2D eigenvalue weighted by Crippen LogP contribution is 2.40. The predicted octanol–water partition coefficient (Wildman–Crippen LogP) is 3.92. The van der Waals surface area contributed by atoms with Crippen molar-refractivity contribution in [2.24, 2.45) is 0 Å². The Kier molecular flexibility index (Phi) is 5.41. The predicted molar refractivity (Wildman–Crippen MR) is 82.0 cm³/mol. The molecule has 2 aromatic rings. The summed E-state index contributed by atoms with van der Waals surface area (Å²) >= 11 is 2.24. The van der Waals surface area contributed by atoms with E-state index in [4.69, 9.17) is 0 Å². The maximum Gasteiger partial charge on any atom is 0.436 e. The van der Waals surface area contributed by atoms with Gasteiger partial charge in [-0.2, -0.15) is 24.9 Å². The second kappa shape index (κ2) is 7.10. The fraction of sp³-hybridized carbons (Fsp3) is 0.308. The Morgan fingerprint density at radius 2 is 2.23 bits per heavy atom. The van der Waals surface area contributed by atoms with Crippen LogP contribution >= 0.6 is 23.1 Å². The average molecular weight is 347 g/mol. The molecule has 0 aromatic carbocycles. The summed E-state index contributed by atoms with van der Waals surface area (Å²) in [5, 5.41) is 2.19. The number of nitrogens with one attached hydrogen (secondary N) is 1. The molecule has 0 saturated carbocycles. The average Bonchev–Trinajstić information content (AvgIpc) is 2.90. The number of hydrogen-bond acceptors (Lipinski definition) is 5. The van der Waals surface area contributed by atoms with E-state index in [2.05, 4.69) is 15.3 Å². The number of amides is 1. The molecule has 0 bridgehead atoms. The molecule has 0 fully saturated rings. The van der Waals surface area contributed by atoms with Crippen molar-refractivity contribution >= 4 is 34.0 Å². The van der Waals surface area contributed by atoms with Crippen LogP contribution in [0.3, 0.4) is 0 Å². The Morgan fingerprint density at radius 1 is 1.45 bits per heavy atom. The molecule has 0 saturated heterocycles. The zero-order chi connectivity index (χ0) is 16.2. The quantitative estimate of drug-likeness (QED) is 0.891. The number of hydrogen-bond donors (Lipinski definition) is 1. The fourth-order valence-electron chi connectivity index (χ4n) is 1.59. The van der Waals surface area contributed by atoms with E-state index in [1.807, 2.05) is 6.26 Å². The molecule has 0 radical (unpaired) electrons. The monoisotopic (exact) mass is 347 g/mol. The Morgan fingerprint density at radius 3 is 2.82 bits per heavy atom. The van der Waals surface area contributed by atoms with E-state index in [0.29, 0.717) is 11.3 Å². The molecule has 1 N–H and O–H groups in total. The van der Waals surface area contributed by atoms with E-state index in [1.54, 1.807) is 12.1 Å². The number of pyridine rings is 1. The molecule has 2 aromatic heterocycles. The highest BCUT2D eigenvalue weighted by atomic mass is 32.2. The van der Waals surface area contributed by atoms with E-state index in [1.165, 1.54) is 24.2 Å². The van der Waals surface area contributed by atoms with Gasteiger partial charge in [0.25, 0.3) is 0 Å². The lowest BCUT2D eigenvalue weighted by Gasteiger charge is -2.07. The molecule has 0 unspecified atom stereocenters.